The Bertz CT molecular complexity index is 842. The summed E-state index contributed by atoms with van der Waals surface area (Å²) in [5.41, 5.74) is 0.608. The molecule has 2 rings (SSSR count). The van der Waals surface area contributed by atoms with Crippen molar-refractivity contribution in [3.63, 3.8) is 0 Å². The second-order valence-corrected chi connectivity index (χ2v) is 8.00. The summed E-state index contributed by atoms with van der Waals surface area (Å²) >= 11 is 0. The minimum atomic E-state index is -4.04. The second kappa shape index (κ2) is 9.68. The Balaban J connectivity index is 0.00000364. The van der Waals surface area contributed by atoms with Gasteiger partial charge >= 0.3 is 5.97 Å². The van der Waals surface area contributed by atoms with Gasteiger partial charge in [-0.2, -0.15) is 4.31 Å². The predicted molar refractivity (Wildman–Crippen MR) is 103 cm³/mol. The SMILES string of the molecule is COc1ccc(S(=O)(=O)N(Cc2cccnc2)[C@@H](C(=O)O)C(C)C)cc1.Cl. The van der Waals surface area contributed by atoms with Crippen molar-refractivity contribution in [3.8, 4) is 5.75 Å². The van der Waals surface area contributed by atoms with E-state index in [1.807, 2.05) is 0 Å². The van der Waals surface area contributed by atoms with Gasteiger partial charge in [0.05, 0.1) is 12.0 Å². The zero-order chi connectivity index (χ0) is 19.3. The van der Waals surface area contributed by atoms with E-state index >= 15 is 0 Å². The van der Waals surface area contributed by atoms with Crippen LogP contribution in [0.15, 0.2) is 53.7 Å². The van der Waals surface area contributed by atoms with Gasteiger partial charge in [-0.25, -0.2) is 8.42 Å². The maximum atomic E-state index is 13.2. The average molecular weight is 415 g/mol. The Hall–Kier alpha value is -2.16. The van der Waals surface area contributed by atoms with Crippen molar-refractivity contribution in [2.75, 3.05) is 7.11 Å². The van der Waals surface area contributed by atoms with E-state index in [1.165, 1.54) is 37.6 Å². The van der Waals surface area contributed by atoms with Crippen molar-refractivity contribution >= 4 is 28.4 Å². The number of pyridine rings is 1. The van der Waals surface area contributed by atoms with Gasteiger partial charge in [-0.1, -0.05) is 19.9 Å². The number of methoxy groups -OCH3 is 1. The first kappa shape index (κ1) is 22.9. The monoisotopic (exact) mass is 414 g/mol. The Morgan fingerprint density at radius 3 is 2.30 bits per heavy atom. The third-order valence-electron chi connectivity index (χ3n) is 3.92. The smallest absolute Gasteiger partial charge is 0.322 e. The van der Waals surface area contributed by atoms with Crippen LogP contribution < -0.4 is 4.74 Å². The van der Waals surface area contributed by atoms with Gasteiger partial charge in [-0.05, 0) is 41.8 Å². The van der Waals surface area contributed by atoms with Crippen LogP contribution in [0.25, 0.3) is 0 Å². The second-order valence-electron chi connectivity index (χ2n) is 6.11. The Morgan fingerprint density at radius 2 is 1.85 bits per heavy atom. The molecule has 0 bridgehead atoms. The third kappa shape index (κ3) is 5.41. The average Bonchev–Trinajstić information content (AvgIpc) is 2.61. The number of rotatable bonds is 8. The first-order chi connectivity index (χ1) is 12.3. The van der Waals surface area contributed by atoms with Crippen LogP contribution in [0.3, 0.4) is 0 Å². The van der Waals surface area contributed by atoms with Crippen molar-refractivity contribution in [1.82, 2.24) is 9.29 Å². The lowest BCUT2D eigenvalue weighted by Crippen LogP contribution is -2.47. The number of nitrogens with zero attached hydrogens (tertiary/aromatic N) is 2. The van der Waals surface area contributed by atoms with Crippen LogP contribution in [-0.2, 0) is 21.4 Å². The molecule has 0 unspecified atom stereocenters. The highest BCUT2D eigenvalue weighted by Gasteiger charge is 2.38. The predicted octanol–water partition coefficient (Wildman–Crippen LogP) is 2.81. The fraction of sp³-hybridized carbons (Fsp3) is 0.333. The summed E-state index contributed by atoms with van der Waals surface area (Å²) < 4.78 is 32.4. The summed E-state index contributed by atoms with van der Waals surface area (Å²) in [5.74, 6) is -1.10. The Morgan fingerprint density at radius 1 is 1.22 bits per heavy atom. The molecule has 0 aliphatic heterocycles. The van der Waals surface area contributed by atoms with Gasteiger partial charge in [0, 0.05) is 18.9 Å². The molecule has 1 atom stereocenters. The van der Waals surface area contributed by atoms with Gasteiger partial charge in [0.2, 0.25) is 10.0 Å². The van der Waals surface area contributed by atoms with Crippen LogP contribution in [0.1, 0.15) is 19.4 Å². The van der Waals surface area contributed by atoms with E-state index in [4.69, 9.17) is 4.74 Å². The van der Waals surface area contributed by atoms with E-state index in [9.17, 15) is 18.3 Å². The molecule has 7 nitrogen and oxygen atoms in total. The van der Waals surface area contributed by atoms with Crippen molar-refractivity contribution in [2.45, 2.75) is 31.3 Å². The van der Waals surface area contributed by atoms with E-state index in [-0.39, 0.29) is 23.8 Å². The summed E-state index contributed by atoms with van der Waals surface area (Å²) in [6, 6.07) is 8.05. The molecule has 0 saturated carbocycles. The number of carboxylic acids is 1. The molecule has 0 spiro atoms. The molecule has 1 N–H and O–H groups in total. The molecule has 0 aliphatic carbocycles. The molecule has 2 aromatic rings. The third-order valence-corrected chi connectivity index (χ3v) is 5.76. The Kier molecular flexibility index (Phi) is 8.20. The van der Waals surface area contributed by atoms with Crippen molar-refractivity contribution in [3.05, 3.63) is 54.4 Å². The number of ether oxygens (including phenoxy) is 1. The molecule has 0 amide bonds. The zero-order valence-corrected chi connectivity index (χ0v) is 16.9. The maximum Gasteiger partial charge on any atom is 0.322 e. The first-order valence-corrected chi connectivity index (χ1v) is 9.49. The lowest BCUT2D eigenvalue weighted by molar-refractivity contribution is -0.143. The number of sulfonamides is 1. The summed E-state index contributed by atoms with van der Waals surface area (Å²) in [4.78, 5) is 15.8. The number of halogens is 1. The quantitative estimate of drug-likeness (QED) is 0.713. The Labute approximate surface area is 165 Å². The summed E-state index contributed by atoms with van der Waals surface area (Å²) in [6.07, 6.45) is 3.10. The van der Waals surface area contributed by atoms with Gasteiger partial charge < -0.3 is 9.84 Å². The van der Waals surface area contributed by atoms with E-state index in [0.717, 1.165) is 4.31 Å². The number of hydrogen-bond acceptors (Lipinski definition) is 5. The van der Waals surface area contributed by atoms with Gasteiger partial charge in [-0.3, -0.25) is 9.78 Å². The zero-order valence-electron chi connectivity index (χ0n) is 15.3. The summed E-state index contributed by atoms with van der Waals surface area (Å²) in [6.45, 7) is 3.27. The fourth-order valence-electron chi connectivity index (χ4n) is 2.63. The van der Waals surface area contributed by atoms with Crippen molar-refractivity contribution < 1.29 is 23.1 Å². The molecular weight excluding hydrogens is 392 g/mol. The van der Waals surface area contributed by atoms with Crippen LogP contribution >= 0.6 is 12.4 Å². The van der Waals surface area contributed by atoms with E-state index in [1.54, 1.807) is 32.2 Å². The highest BCUT2D eigenvalue weighted by Crippen LogP contribution is 2.26. The number of hydrogen-bond donors (Lipinski definition) is 1. The van der Waals surface area contributed by atoms with Gasteiger partial charge in [-0.15, -0.1) is 12.4 Å². The normalized spacial score (nSPS) is 12.5. The minimum Gasteiger partial charge on any atom is -0.497 e. The first-order valence-electron chi connectivity index (χ1n) is 8.05. The molecule has 1 heterocycles. The van der Waals surface area contributed by atoms with Crippen molar-refractivity contribution in [1.29, 1.82) is 0 Å². The lowest BCUT2D eigenvalue weighted by Gasteiger charge is -2.30. The summed E-state index contributed by atoms with van der Waals surface area (Å²) in [5, 5.41) is 9.64. The van der Waals surface area contributed by atoms with Crippen LogP contribution in [0.4, 0.5) is 0 Å². The molecule has 148 valence electrons. The molecule has 1 aromatic heterocycles. The largest absolute Gasteiger partial charge is 0.497 e. The number of carbonyl (C=O) groups is 1. The van der Waals surface area contributed by atoms with Gasteiger partial charge in [0.1, 0.15) is 11.8 Å². The highest BCUT2D eigenvalue weighted by atomic mass is 35.5. The summed E-state index contributed by atoms with van der Waals surface area (Å²) in [7, 11) is -2.56. The molecule has 0 aliphatic rings. The van der Waals surface area contributed by atoms with Gasteiger partial charge in [0.15, 0.2) is 0 Å². The fourth-order valence-corrected chi connectivity index (χ4v) is 4.33. The topological polar surface area (TPSA) is 96.8 Å². The van der Waals surface area contributed by atoms with E-state index in [2.05, 4.69) is 4.98 Å². The molecule has 9 heteroatoms. The van der Waals surface area contributed by atoms with E-state index in [0.29, 0.717) is 11.3 Å². The highest BCUT2D eigenvalue weighted by molar-refractivity contribution is 7.89. The van der Waals surface area contributed by atoms with Crippen LogP contribution in [0, 0.1) is 5.92 Å². The van der Waals surface area contributed by atoms with Crippen molar-refractivity contribution in [2.24, 2.45) is 5.92 Å². The van der Waals surface area contributed by atoms with E-state index < -0.39 is 28.0 Å². The molecule has 0 radical (unpaired) electrons. The molecule has 0 fully saturated rings. The molecule has 0 saturated heterocycles. The van der Waals surface area contributed by atoms with Crippen LogP contribution in [0.2, 0.25) is 0 Å². The lowest BCUT2D eigenvalue weighted by atomic mass is 10.0. The van der Waals surface area contributed by atoms with Crippen LogP contribution in [0.5, 0.6) is 5.75 Å². The number of aromatic nitrogens is 1. The van der Waals surface area contributed by atoms with Gasteiger partial charge in [0.25, 0.3) is 0 Å². The molecule has 1 aromatic carbocycles. The number of aliphatic carboxylic acids is 1. The van der Waals surface area contributed by atoms with Crippen LogP contribution in [-0.4, -0.2) is 41.9 Å². The standard InChI is InChI=1S/C18H22N2O5S.ClH/c1-13(2)17(18(21)22)20(12-14-5-4-10-19-11-14)26(23,24)16-8-6-15(25-3)7-9-16;/h4-11,13,17H,12H2,1-3H3,(H,21,22);1H/t17-;/m1./s1. The molecular formula is C18H23ClN2O5S. The molecule has 27 heavy (non-hydrogen) atoms. The number of benzene rings is 1. The number of carboxylic acid groups (broad SMARTS) is 1. The minimum absolute atomic E-state index is 0. The maximum absolute atomic E-state index is 13.2.